The largest absolute Gasteiger partial charge is 0.394 e. The molecule has 2 rings (SSSR count). The number of aromatic nitrogens is 3. The van der Waals surface area contributed by atoms with Gasteiger partial charge in [-0.05, 0) is 24.6 Å². The Morgan fingerprint density at radius 1 is 1.40 bits per heavy atom. The van der Waals surface area contributed by atoms with Crippen LogP contribution in [0.2, 0.25) is 5.02 Å². The molecule has 1 aromatic heterocycles. The summed E-state index contributed by atoms with van der Waals surface area (Å²) in [6.45, 7) is 2.93. The number of ether oxygens (including phenoxy) is 1. The van der Waals surface area contributed by atoms with Crippen LogP contribution in [0.15, 0.2) is 29.7 Å². The third kappa shape index (κ3) is 3.96. The lowest BCUT2D eigenvalue weighted by Gasteiger charge is -2.08. The first-order valence-corrected chi connectivity index (χ1v) is 7.56. The van der Waals surface area contributed by atoms with E-state index in [2.05, 4.69) is 10.2 Å². The van der Waals surface area contributed by atoms with E-state index in [0.29, 0.717) is 13.2 Å². The first-order chi connectivity index (χ1) is 9.72. The molecule has 0 aliphatic heterocycles. The summed E-state index contributed by atoms with van der Waals surface area (Å²) in [7, 11) is 0. The van der Waals surface area contributed by atoms with Crippen LogP contribution in [0, 0.1) is 6.92 Å². The first kappa shape index (κ1) is 15.3. The highest BCUT2D eigenvalue weighted by molar-refractivity contribution is 7.99. The second-order valence-corrected chi connectivity index (χ2v) is 5.57. The Morgan fingerprint density at radius 2 is 2.25 bits per heavy atom. The van der Waals surface area contributed by atoms with Crippen LogP contribution in [0.25, 0.3) is 5.69 Å². The molecule has 2 aromatic rings. The van der Waals surface area contributed by atoms with Gasteiger partial charge in [0.2, 0.25) is 0 Å². The number of nitrogens with zero attached hydrogens (tertiary/aromatic N) is 3. The Kier molecular flexibility index (Phi) is 5.85. The maximum atomic E-state index is 8.62. The quantitative estimate of drug-likeness (QED) is 0.628. The molecule has 1 N–H and O–H groups in total. The lowest BCUT2D eigenvalue weighted by Crippen LogP contribution is -2.03. The van der Waals surface area contributed by atoms with Crippen molar-refractivity contribution in [2.45, 2.75) is 12.1 Å². The van der Waals surface area contributed by atoms with Crippen LogP contribution in [0.5, 0.6) is 0 Å². The minimum absolute atomic E-state index is 0.0444. The van der Waals surface area contributed by atoms with Gasteiger partial charge < -0.3 is 9.84 Å². The molecule has 20 heavy (non-hydrogen) atoms. The Labute approximate surface area is 126 Å². The van der Waals surface area contributed by atoms with E-state index in [0.717, 1.165) is 27.2 Å². The summed E-state index contributed by atoms with van der Waals surface area (Å²) in [5.74, 6) is 0.748. The monoisotopic (exact) mass is 313 g/mol. The Morgan fingerprint density at radius 3 is 3.00 bits per heavy atom. The maximum absolute atomic E-state index is 8.62. The van der Waals surface area contributed by atoms with Gasteiger partial charge in [-0.3, -0.25) is 4.57 Å². The fourth-order valence-corrected chi connectivity index (χ4v) is 2.55. The molecule has 5 nitrogen and oxygen atoms in total. The van der Waals surface area contributed by atoms with Crippen LogP contribution in [-0.4, -0.2) is 45.4 Å². The molecule has 0 unspecified atom stereocenters. The average molecular weight is 314 g/mol. The van der Waals surface area contributed by atoms with Crippen LogP contribution in [0.1, 0.15) is 5.56 Å². The van der Waals surface area contributed by atoms with Gasteiger partial charge in [-0.15, -0.1) is 10.2 Å². The summed E-state index contributed by atoms with van der Waals surface area (Å²) in [6, 6.07) is 5.85. The van der Waals surface area contributed by atoms with Gasteiger partial charge in [-0.1, -0.05) is 29.4 Å². The predicted octanol–water partition coefficient (Wildman–Crippen LogP) is 2.33. The van der Waals surface area contributed by atoms with Crippen LogP contribution in [0.3, 0.4) is 0 Å². The van der Waals surface area contributed by atoms with E-state index in [1.807, 2.05) is 29.7 Å². The smallest absolute Gasteiger partial charge is 0.195 e. The number of hydrogen-bond acceptors (Lipinski definition) is 5. The lowest BCUT2D eigenvalue weighted by atomic mass is 10.2. The SMILES string of the molecule is Cc1ccc(-n2cnnc2SCCOCCO)cc1Cl. The molecule has 0 bridgehead atoms. The molecule has 0 aliphatic carbocycles. The van der Waals surface area contributed by atoms with E-state index >= 15 is 0 Å². The molecular formula is C13H16ClN3O2S. The first-order valence-electron chi connectivity index (χ1n) is 6.20. The molecule has 0 saturated heterocycles. The van der Waals surface area contributed by atoms with Crippen LogP contribution in [0.4, 0.5) is 0 Å². The van der Waals surface area contributed by atoms with Crippen molar-refractivity contribution in [3.63, 3.8) is 0 Å². The van der Waals surface area contributed by atoms with Crippen molar-refractivity contribution in [3.05, 3.63) is 35.1 Å². The number of thioether (sulfide) groups is 1. The van der Waals surface area contributed by atoms with Crippen LogP contribution in [-0.2, 0) is 4.74 Å². The molecule has 1 heterocycles. The molecule has 0 spiro atoms. The molecule has 1 aromatic carbocycles. The third-order valence-electron chi connectivity index (χ3n) is 2.64. The highest BCUT2D eigenvalue weighted by Crippen LogP contribution is 2.23. The summed E-state index contributed by atoms with van der Waals surface area (Å²) in [5, 5.41) is 18.2. The zero-order valence-corrected chi connectivity index (χ0v) is 12.7. The lowest BCUT2D eigenvalue weighted by molar-refractivity contribution is 0.103. The molecule has 0 atom stereocenters. The van der Waals surface area contributed by atoms with Gasteiger partial charge in [0, 0.05) is 10.8 Å². The number of benzene rings is 1. The highest BCUT2D eigenvalue weighted by Gasteiger charge is 2.08. The number of aliphatic hydroxyl groups is 1. The zero-order valence-electron chi connectivity index (χ0n) is 11.1. The molecule has 0 saturated carbocycles. The second-order valence-electron chi connectivity index (χ2n) is 4.10. The Bertz CT molecular complexity index is 562. The van der Waals surface area contributed by atoms with E-state index < -0.39 is 0 Å². The summed E-state index contributed by atoms with van der Waals surface area (Å²) in [4.78, 5) is 0. The number of halogens is 1. The summed E-state index contributed by atoms with van der Waals surface area (Å²) < 4.78 is 7.10. The van der Waals surface area contributed by atoms with Gasteiger partial charge >= 0.3 is 0 Å². The molecule has 0 aliphatic rings. The molecule has 7 heteroatoms. The highest BCUT2D eigenvalue weighted by atomic mass is 35.5. The van der Waals surface area contributed by atoms with Gasteiger partial charge in [0.15, 0.2) is 5.16 Å². The van der Waals surface area contributed by atoms with E-state index in [9.17, 15) is 0 Å². The fourth-order valence-electron chi connectivity index (χ4n) is 1.59. The van der Waals surface area contributed by atoms with Gasteiger partial charge in [0.1, 0.15) is 6.33 Å². The van der Waals surface area contributed by atoms with Crippen molar-refractivity contribution < 1.29 is 9.84 Å². The van der Waals surface area contributed by atoms with Gasteiger partial charge in [-0.2, -0.15) is 0 Å². The van der Waals surface area contributed by atoms with E-state index in [4.69, 9.17) is 21.4 Å². The number of rotatable bonds is 7. The molecule has 0 radical (unpaired) electrons. The van der Waals surface area contributed by atoms with Gasteiger partial charge in [0.25, 0.3) is 0 Å². The number of hydrogen-bond donors (Lipinski definition) is 1. The number of aliphatic hydroxyl groups excluding tert-OH is 1. The van der Waals surface area contributed by atoms with Crippen molar-refractivity contribution in [3.8, 4) is 5.69 Å². The van der Waals surface area contributed by atoms with Crippen molar-refractivity contribution in [2.24, 2.45) is 0 Å². The molecule has 0 fully saturated rings. The fraction of sp³-hybridized carbons (Fsp3) is 0.385. The van der Waals surface area contributed by atoms with Crippen molar-refractivity contribution >= 4 is 23.4 Å². The van der Waals surface area contributed by atoms with E-state index in [1.165, 1.54) is 0 Å². The minimum Gasteiger partial charge on any atom is -0.394 e. The van der Waals surface area contributed by atoms with Crippen LogP contribution >= 0.6 is 23.4 Å². The summed E-state index contributed by atoms with van der Waals surface area (Å²) >= 11 is 7.69. The standard InChI is InChI=1S/C13H16ClN3O2S/c1-10-2-3-11(8-12(10)14)17-9-15-16-13(17)20-7-6-19-5-4-18/h2-3,8-9,18H,4-7H2,1H3. The van der Waals surface area contributed by atoms with Crippen molar-refractivity contribution in [1.82, 2.24) is 14.8 Å². The second kappa shape index (κ2) is 7.64. The minimum atomic E-state index is 0.0444. The topological polar surface area (TPSA) is 60.2 Å². The zero-order chi connectivity index (χ0) is 14.4. The Hall–Kier alpha value is -1.08. The van der Waals surface area contributed by atoms with Gasteiger partial charge in [0.05, 0.1) is 25.5 Å². The summed E-state index contributed by atoms with van der Waals surface area (Å²) in [6.07, 6.45) is 1.66. The van der Waals surface area contributed by atoms with Crippen molar-refractivity contribution in [2.75, 3.05) is 25.6 Å². The molecule has 108 valence electrons. The molecular weight excluding hydrogens is 298 g/mol. The summed E-state index contributed by atoms with van der Waals surface area (Å²) in [5.41, 5.74) is 1.97. The number of aryl methyl sites for hydroxylation is 1. The normalized spacial score (nSPS) is 10.9. The predicted molar refractivity (Wildman–Crippen MR) is 79.7 cm³/mol. The van der Waals surface area contributed by atoms with E-state index in [1.54, 1.807) is 18.1 Å². The van der Waals surface area contributed by atoms with Gasteiger partial charge in [-0.25, -0.2) is 0 Å². The van der Waals surface area contributed by atoms with E-state index in [-0.39, 0.29) is 6.61 Å². The average Bonchev–Trinajstić information content (AvgIpc) is 2.90. The Balaban J connectivity index is 2.02. The van der Waals surface area contributed by atoms with Crippen LogP contribution < -0.4 is 0 Å². The van der Waals surface area contributed by atoms with Crippen molar-refractivity contribution in [1.29, 1.82) is 0 Å². The third-order valence-corrected chi connectivity index (χ3v) is 3.96. The molecule has 0 amide bonds. The maximum Gasteiger partial charge on any atom is 0.195 e.